The molecule has 2 amide bonds. The fourth-order valence-corrected chi connectivity index (χ4v) is 5.59. The first-order valence-corrected chi connectivity index (χ1v) is 12.8. The number of aliphatic imine (C=N–C) groups is 1. The highest BCUT2D eigenvalue weighted by molar-refractivity contribution is 6.16. The van der Waals surface area contributed by atoms with Crippen LogP contribution in [0.25, 0.3) is 11.3 Å². The quantitative estimate of drug-likeness (QED) is 0.482. The summed E-state index contributed by atoms with van der Waals surface area (Å²) in [5, 5.41) is 9.89. The lowest BCUT2D eigenvalue weighted by atomic mass is 9.83. The number of carbonyl (C=O) groups is 2. The van der Waals surface area contributed by atoms with E-state index in [1.54, 1.807) is 10.7 Å². The number of aryl methyl sites for hydroxylation is 1. The normalized spacial score (nSPS) is 20.9. The summed E-state index contributed by atoms with van der Waals surface area (Å²) in [6.45, 7) is 5.85. The second-order valence-corrected chi connectivity index (χ2v) is 10.2. The molecule has 0 radical (unpaired) electrons. The highest BCUT2D eigenvalue weighted by Crippen LogP contribution is 2.39. The molecule has 0 unspecified atom stereocenters. The number of benzene rings is 2. The van der Waals surface area contributed by atoms with Gasteiger partial charge in [0.05, 0.1) is 11.3 Å². The SMILES string of the molecule is CC(=O)Nc1nn(C)c(-c2cccc(N3CC[C@]4(C[C@@H]3C)N=C(c3ccccc3OC(F)(F)F)NC4=O)c2)c1C. The molecule has 2 aromatic carbocycles. The molecule has 1 spiro atoms. The Bertz CT molecular complexity index is 1520. The summed E-state index contributed by atoms with van der Waals surface area (Å²) in [5.41, 5.74) is 2.59. The molecule has 12 heteroatoms. The number of para-hydroxylation sites is 1. The molecule has 2 aliphatic rings. The average Bonchev–Trinajstić information content (AvgIpc) is 3.32. The topological polar surface area (TPSA) is 101 Å². The number of hydrogen-bond acceptors (Lipinski definition) is 6. The molecule has 2 atom stereocenters. The zero-order chi connectivity index (χ0) is 28.8. The number of ether oxygens (including phenoxy) is 1. The van der Waals surface area contributed by atoms with E-state index in [0.717, 1.165) is 22.5 Å². The number of halogens is 3. The summed E-state index contributed by atoms with van der Waals surface area (Å²) in [5.74, 6) is -0.363. The number of nitrogens with zero attached hydrogens (tertiary/aromatic N) is 4. The molecule has 9 nitrogen and oxygen atoms in total. The predicted molar refractivity (Wildman–Crippen MR) is 144 cm³/mol. The number of piperidine rings is 1. The van der Waals surface area contributed by atoms with Crippen molar-refractivity contribution in [3.8, 4) is 17.0 Å². The van der Waals surface area contributed by atoms with E-state index in [0.29, 0.717) is 25.2 Å². The second kappa shape index (κ2) is 10.00. The monoisotopic (exact) mass is 554 g/mol. The van der Waals surface area contributed by atoms with Crippen molar-refractivity contribution in [3.05, 3.63) is 59.7 Å². The Labute approximate surface area is 229 Å². The van der Waals surface area contributed by atoms with Gasteiger partial charge in [-0.15, -0.1) is 13.2 Å². The minimum atomic E-state index is -4.87. The van der Waals surface area contributed by atoms with E-state index >= 15 is 0 Å². The molecule has 1 aromatic heterocycles. The first-order valence-electron chi connectivity index (χ1n) is 12.8. The van der Waals surface area contributed by atoms with Crippen molar-refractivity contribution in [2.24, 2.45) is 12.0 Å². The van der Waals surface area contributed by atoms with Gasteiger partial charge in [0.1, 0.15) is 17.1 Å². The van der Waals surface area contributed by atoms with Crippen molar-refractivity contribution < 1.29 is 27.5 Å². The summed E-state index contributed by atoms with van der Waals surface area (Å²) in [4.78, 5) is 31.6. The Morgan fingerprint density at radius 2 is 1.95 bits per heavy atom. The van der Waals surface area contributed by atoms with Crippen LogP contribution in [0.5, 0.6) is 5.75 Å². The zero-order valence-corrected chi connectivity index (χ0v) is 22.5. The molecular weight excluding hydrogens is 525 g/mol. The smallest absolute Gasteiger partial charge is 0.405 e. The number of aromatic nitrogens is 2. The summed E-state index contributed by atoms with van der Waals surface area (Å²) in [6.07, 6.45) is -4.10. The molecule has 210 valence electrons. The van der Waals surface area contributed by atoms with Gasteiger partial charge in [0.25, 0.3) is 5.91 Å². The van der Waals surface area contributed by atoms with Crippen molar-refractivity contribution in [2.45, 2.75) is 51.6 Å². The van der Waals surface area contributed by atoms with E-state index in [1.165, 1.54) is 25.1 Å². The van der Waals surface area contributed by atoms with Crippen LogP contribution in [-0.2, 0) is 16.6 Å². The molecule has 0 bridgehead atoms. The van der Waals surface area contributed by atoms with E-state index in [-0.39, 0.29) is 29.3 Å². The maximum absolute atomic E-state index is 13.2. The molecule has 0 aliphatic carbocycles. The van der Waals surface area contributed by atoms with Crippen LogP contribution in [0, 0.1) is 6.92 Å². The fraction of sp³-hybridized carbons (Fsp3) is 0.357. The van der Waals surface area contributed by atoms with Gasteiger partial charge < -0.3 is 20.3 Å². The Balaban J connectivity index is 1.39. The van der Waals surface area contributed by atoms with Crippen LogP contribution in [0.4, 0.5) is 24.7 Å². The van der Waals surface area contributed by atoms with E-state index < -0.39 is 17.7 Å². The Hall–Kier alpha value is -4.35. The van der Waals surface area contributed by atoms with Crippen LogP contribution in [0.3, 0.4) is 0 Å². The van der Waals surface area contributed by atoms with Crippen LogP contribution in [0.15, 0.2) is 53.5 Å². The van der Waals surface area contributed by atoms with Crippen molar-refractivity contribution in [1.82, 2.24) is 15.1 Å². The van der Waals surface area contributed by atoms with Gasteiger partial charge >= 0.3 is 6.36 Å². The fourth-order valence-electron chi connectivity index (χ4n) is 5.59. The van der Waals surface area contributed by atoms with Gasteiger partial charge in [-0.05, 0) is 44.5 Å². The highest BCUT2D eigenvalue weighted by atomic mass is 19.4. The van der Waals surface area contributed by atoms with Gasteiger partial charge in [-0.3, -0.25) is 19.3 Å². The molecule has 40 heavy (non-hydrogen) atoms. The van der Waals surface area contributed by atoms with Gasteiger partial charge in [-0.2, -0.15) is 5.10 Å². The summed E-state index contributed by atoms with van der Waals surface area (Å²) in [7, 11) is 1.82. The maximum Gasteiger partial charge on any atom is 0.573 e. The van der Waals surface area contributed by atoms with Gasteiger partial charge in [0.2, 0.25) is 5.91 Å². The maximum atomic E-state index is 13.2. The minimum absolute atomic E-state index is 0.0779. The van der Waals surface area contributed by atoms with Crippen LogP contribution >= 0.6 is 0 Å². The van der Waals surface area contributed by atoms with Gasteiger partial charge in [0.15, 0.2) is 5.82 Å². The number of rotatable bonds is 5. The number of alkyl halides is 3. The molecular formula is C28H29F3N6O3. The van der Waals surface area contributed by atoms with Crippen molar-refractivity contribution in [1.29, 1.82) is 0 Å². The third-order valence-electron chi connectivity index (χ3n) is 7.31. The lowest BCUT2D eigenvalue weighted by molar-refractivity contribution is -0.274. The molecule has 3 aromatic rings. The third kappa shape index (κ3) is 5.13. The molecule has 3 heterocycles. The van der Waals surface area contributed by atoms with Gasteiger partial charge in [-0.1, -0.05) is 24.3 Å². The lowest BCUT2D eigenvalue weighted by Gasteiger charge is -2.42. The van der Waals surface area contributed by atoms with E-state index in [4.69, 9.17) is 0 Å². The number of amidine groups is 1. The largest absolute Gasteiger partial charge is 0.573 e. The number of carbonyl (C=O) groups excluding carboxylic acids is 2. The molecule has 5 rings (SSSR count). The van der Waals surface area contributed by atoms with Crippen LogP contribution < -0.4 is 20.3 Å². The predicted octanol–water partition coefficient (Wildman–Crippen LogP) is 4.56. The van der Waals surface area contributed by atoms with Crippen LogP contribution in [0.2, 0.25) is 0 Å². The molecule has 1 saturated heterocycles. The zero-order valence-electron chi connectivity index (χ0n) is 22.5. The highest BCUT2D eigenvalue weighted by Gasteiger charge is 2.48. The lowest BCUT2D eigenvalue weighted by Crippen LogP contribution is -2.53. The third-order valence-corrected chi connectivity index (χ3v) is 7.31. The molecule has 0 saturated carbocycles. The first-order chi connectivity index (χ1) is 18.9. The number of amides is 2. The Kier molecular flexibility index (Phi) is 6.80. The van der Waals surface area contributed by atoms with Crippen molar-refractivity contribution in [3.63, 3.8) is 0 Å². The van der Waals surface area contributed by atoms with E-state index in [9.17, 15) is 22.8 Å². The summed E-state index contributed by atoms with van der Waals surface area (Å²) < 4.78 is 44.7. The number of anilines is 2. The second-order valence-electron chi connectivity index (χ2n) is 10.2. The standard InChI is InChI=1S/C28H29F3N6O3/c1-16-15-27(26(39)33-25(34-27)21-10-5-6-11-22(21)40-28(29,30)31)12-13-37(16)20-9-7-8-19(14-20)23-17(2)24(32-18(3)38)35-36(23)4/h5-11,14,16H,12-13,15H2,1-4H3,(H,32,35,38)(H,33,34,39)/t16-,27+/m0/s1. The Morgan fingerprint density at radius 3 is 2.65 bits per heavy atom. The van der Waals surface area contributed by atoms with Crippen molar-refractivity contribution in [2.75, 3.05) is 16.8 Å². The van der Waals surface area contributed by atoms with E-state index in [2.05, 4.69) is 30.4 Å². The van der Waals surface area contributed by atoms with Crippen LogP contribution in [0.1, 0.15) is 37.8 Å². The van der Waals surface area contributed by atoms with Gasteiger partial charge in [0, 0.05) is 49.8 Å². The van der Waals surface area contributed by atoms with Crippen LogP contribution in [-0.4, -0.2) is 51.9 Å². The Morgan fingerprint density at radius 1 is 1.20 bits per heavy atom. The number of hydrogen-bond donors (Lipinski definition) is 2. The molecule has 1 fully saturated rings. The van der Waals surface area contributed by atoms with Crippen molar-refractivity contribution >= 4 is 29.2 Å². The van der Waals surface area contributed by atoms with Gasteiger partial charge in [-0.25, -0.2) is 0 Å². The van der Waals surface area contributed by atoms with E-state index in [1.807, 2.05) is 45.2 Å². The number of nitrogens with one attached hydrogen (secondary N) is 2. The average molecular weight is 555 g/mol. The molecule has 2 N–H and O–H groups in total. The minimum Gasteiger partial charge on any atom is -0.405 e. The molecule has 2 aliphatic heterocycles. The summed E-state index contributed by atoms with van der Waals surface area (Å²) in [6, 6.07) is 13.5. The summed E-state index contributed by atoms with van der Waals surface area (Å²) >= 11 is 0. The first kappa shape index (κ1) is 27.2.